The second kappa shape index (κ2) is 10.8. The first-order chi connectivity index (χ1) is 14.3. The number of nitrogens with one attached hydrogen (secondary N) is 1. The molecule has 5 heteroatoms. The van der Waals surface area contributed by atoms with Crippen LogP contribution in [0.3, 0.4) is 0 Å². The van der Waals surface area contributed by atoms with E-state index >= 15 is 0 Å². The molecule has 29 heavy (non-hydrogen) atoms. The van der Waals surface area contributed by atoms with Gasteiger partial charge in [0.2, 0.25) is 0 Å². The standard InChI is InChI=1S/C24H25NO4/c1-27-22-15-7-8-16-23(22)29-18-24(26)25-20-13-5-6-14-21(20)28-17-9-12-19-10-3-2-4-11-19/h2-8,10-11,13-16H,9,12,17-18H2,1H3,(H,25,26). The van der Waals surface area contributed by atoms with E-state index in [4.69, 9.17) is 14.2 Å². The molecule has 0 saturated heterocycles. The van der Waals surface area contributed by atoms with Crippen LogP contribution >= 0.6 is 0 Å². The topological polar surface area (TPSA) is 56.8 Å². The summed E-state index contributed by atoms with van der Waals surface area (Å²) < 4.78 is 16.7. The Morgan fingerprint density at radius 3 is 2.21 bits per heavy atom. The van der Waals surface area contributed by atoms with Crippen LogP contribution in [0.2, 0.25) is 0 Å². The lowest BCUT2D eigenvalue weighted by Gasteiger charge is -2.13. The first kappa shape index (κ1) is 20.3. The Morgan fingerprint density at radius 2 is 1.45 bits per heavy atom. The smallest absolute Gasteiger partial charge is 0.262 e. The van der Waals surface area contributed by atoms with Crippen molar-refractivity contribution in [3.8, 4) is 17.2 Å². The van der Waals surface area contributed by atoms with Crippen LogP contribution in [-0.2, 0) is 11.2 Å². The molecular formula is C24H25NO4. The minimum Gasteiger partial charge on any atom is -0.493 e. The number of aryl methyl sites for hydroxylation is 1. The molecule has 0 fully saturated rings. The molecule has 3 rings (SSSR count). The highest BCUT2D eigenvalue weighted by Crippen LogP contribution is 2.26. The van der Waals surface area contributed by atoms with Gasteiger partial charge in [0, 0.05) is 0 Å². The SMILES string of the molecule is COc1ccccc1OCC(=O)Nc1ccccc1OCCCc1ccccc1. The molecule has 0 atom stereocenters. The minimum absolute atomic E-state index is 0.122. The van der Waals surface area contributed by atoms with Gasteiger partial charge in [0.1, 0.15) is 5.75 Å². The zero-order valence-electron chi connectivity index (χ0n) is 16.5. The molecule has 0 heterocycles. The molecule has 0 saturated carbocycles. The van der Waals surface area contributed by atoms with E-state index in [1.165, 1.54) is 5.56 Å². The van der Waals surface area contributed by atoms with E-state index in [0.29, 0.717) is 29.5 Å². The summed E-state index contributed by atoms with van der Waals surface area (Å²) in [7, 11) is 1.56. The van der Waals surface area contributed by atoms with E-state index < -0.39 is 0 Å². The van der Waals surface area contributed by atoms with E-state index in [-0.39, 0.29) is 12.5 Å². The van der Waals surface area contributed by atoms with Crippen LogP contribution in [-0.4, -0.2) is 26.2 Å². The maximum absolute atomic E-state index is 12.3. The number of carbonyl (C=O) groups is 1. The van der Waals surface area contributed by atoms with E-state index in [1.54, 1.807) is 19.2 Å². The van der Waals surface area contributed by atoms with Crippen LogP contribution in [0, 0.1) is 0 Å². The predicted octanol–water partition coefficient (Wildman–Crippen LogP) is 4.72. The lowest BCUT2D eigenvalue weighted by Crippen LogP contribution is -2.20. The molecule has 0 aliphatic rings. The third-order valence-electron chi connectivity index (χ3n) is 4.30. The summed E-state index contributed by atoms with van der Waals surface area (Å²) in [6.45, 7) is 0.447. The average molecular weight is 391 g/mol. The molecule has 0 bridgehead atoms. The van der Waals surface area contributed by atoms with Gasteiger partial charge in [0.05, 0.1) is 19.4 Å². The number of hydrogen-bond acceptors (Lipinski definition) is 4. The molecule has 150 valence electrons. The van der Waals surface area contributed by atoms with Gasteiger partial charge in [-0.05, 0) is 42.7 Å². The summed E-state index contributed by atoms with van der Waals surface area (Å²) in [6.07, 6.45) is 1.84. The number of para-hydroxylation sites is 4. The first-order valence-electron chi connectivity index (χ1n) is 9.57. The van der Waals surface area contributed by atoms with E-state index in [2.05, 4.69) is 17.4 Å². The number of hydrogen-bond donors (Lipinski definition) is 1. The van der Waals surface area contributed by atoms with Crippen LogP contribution in [0.4, 0.5) is 5.69 Å². The van der Waals surface area contributed by atoms with Crippen molar-refractivity contribution in [1.29, 1.82) is 0 Å². The molecule has 1 amide bonds. The fourth-order valence-electron chi connectivity index (χ4n) is 2.87. The Bertz CT molecular complexity index is 912. The van der Waals surface area contributed by atoms with E-state index in [9.17, 15) is 4.79 Å². The number of rotatable bonds is 10. The summed E-state index contributed by atoms with van der Waals surface area (Å²) >= 11 is 0. The van der Waals surface area contributed by atoms with Gasteiger partial charge in [-0.25, -0.2) is 0 Å². The average Bonchev–Trinajstić information content (AvgIpc) is 2.77. The molecular weight excluding hydrogens is 366 g/mol. The summed E-state index contributed by atoms with van der Waals surface area (Å²) in [4.78, 5) is 12.3. The number of anilines is 1. The zero-order chi connectivity index (χ0) is 20.3. The predicted molar refractivity (Wildman–Crippen MR) is 114 cm³/mol. The van der Waals surface area contributed by atoms with Crippen molar-refractivity contribution in [2.24, 2.45) is 0 Å². The summed E-state index contributed by atoms with van der Waals surface area (Å²) in [5.41, 5.74) is 1.91. The fourth-order valence-corrected chi connectivity index (χ4v) is 2.87. The van der Waals surface area contributed by atoms with Gasteiger partial charge in [-0.1, -0.05) is 54.6 Å². The molecule has 3 aromatic rings. The zero-order valence-corrected chi connectivity index (χ0v) is 16.5. The van der Waals surface area contributed by atoms with Crippen molar-refractivity contribution in [2.45, 2.75) is 12.8 Å². The van der Waals surface area contributed by atoms with Gasteiger partial charge in [-0.3, -0.25) is 4.79 Å². The van der Waals surface area contributed by atoms with Crippen LogP contribution in [0.5, 0.6) is 17.2 Å². The van der Waals surface area contributed by atoms with Crippen molar-refractivity contribution in [3.63, 3.8) is 0 Å². The Hall–Kier alpha value is -3.47. The lowest BCUT2D eigenvalue weighted by atomic mass is 10.1. The second-order valence-electron chi connectivity index (χ2n) is 6.42. The van der Waals surface area contributed by atoms with Crippen molar-refractivity contribution >= 4 is 11.6 Å². The maximum atomic E-state index is 12.3. The number of ether oxygens (including phenoxy) is 3. The Labute approximate surface area is 171 Å². The van der Waals surface area contributed by atoms with Crippen LogP contribution in [0.15, 0.2) is 78.9 Å². The Balaban J connectivity index is 1.49. The van der Waals surface area contributed by atoms with Gasteiger partial charge in [0.15, 0.2) is 18.1 Å². The number of carbonyl (C=O) groups excluding carboxylic acids is 1. The molecule has 0 aromatic heterocycles. The number of amides is 1. The van der Waals surface area contributed by atoms with Crippen molar-refractivity contribution in [2.75, 3.05) is 25.6 Å². The Kier molecular flexibility index (Phi) is 7.52. The van der Waals surface area contributed by atoms with Gasteiger partial charge < -0.3 is 19.5 Å². The first-order valence-corrected chi connectivity index (χ1v) is 9.57. The molecule has 0 aliphatic heterocycles. The van der Waals surface area contributed by atoms with Crippen LogP contribution < -0.4 is 19.5 Å². The highest BCUT2D eigenvalue weighted by Gasteiger charge is 2.10. The fraction of sp³-hybridized carbons (Fsp3) is 0.208. The third-order valence-corrected chi connectivity index (χ3v) is 4.30. The van der Waals surface area contributed by atoms with Crippen molar-refractivity contribution in [1.82, 2.24) is 0 Å². The quantitative estimate of drug-likeness (QED) is 0.508. The van der Waals surface area contributed by atoms with E-state index in [1.807, 2.05) is 54.6 Å². The normalized spacial score (nSPS) is 10.2. The van der Waals surface area contributed by atoms with Gasteiger partial charge >= 0.3 is 0 Å². The van der Waals surface area contributed by atoms with Crippen molar-refractivity contribution in [3.05, 3.63) is 84.4 Å². The maximum Gasteiger partial charge on any atom is 0.262 e. The lowest BCUT2D eigenvalue weighted by molar-refractivity contribution is -0.118. The summed E-state index contributed by atoms with van der Waals surface area (Å²) in [6, 6.07) is 24.9. The molecule has 5 nitrogen and oxygen atoms in total. The van der Waals surface area contributed by atoms with Crippen LogP contribution in [0.25, 0.3) is 0 Å². The second-order valence-corrected chi connectivity index (χ2v) is 6.42. The number of methoxy groups -OCH3 is 1. The highest BCUT2D eigenvalue weighted by molar-refractivity contribution is 5.93. The van der Waals surface area contributed by atoms with Crippen molar-refractivity contribution < 1.29 is 19.0 Å². The summed E-state index contributed by atoms with van der Waals surface area (Å²) in [5.74, 6) is 1.49. The molecule has 0 aliphatic carbocycles. The molecule has 3 aromatic carbocycles. The van der Waals surface area contributed by atoms with Gasteiger partial charge in [-0.2, -0.15) is 0 Å². The van der Waals surface area contributed by atoms with Gasteiger partial charge in [-0.15, -0.1) is 0 Å². The summed E-state index contributed by atoms with van der Waals surface area (Å²) in [5, 5.41) is 2.85. The van der Waals surface area contributed by atoms with E-state index in [0.717, 1.165) is 12.8 Å². The Morgan fingerprint density at radius 1 is 0.793 bits per heavy atom. The molecule has 1 N–H and O–H groups in total. The third kappa shape index (κ3) is 6.28. The van der Waals surface area contributed by atoms with Crippen LogP contribution in [0.1, 0.15) is 12.0 Å². The highest BCUT2D eigenvalue weighted by atomic mass is 16.5. The molecule has 0 unspecified atom stereocenters. The molecule has 0 radical (unpaired) electrons. The largest absolute Gasteiger partial charge is 0.493 e. The number of benzene rings is 3. The molecule has 0 spiro atoms. The monoisotopic (exact) mass is 391 g/mol. The minimum atomic E-state index is -0.267. The van der Waals surface area contributed by atoms with Gasteiger partial charge in [0.25, 0.3) is 5.91 Å².